The molecule has 15 heavy (non-hydrogen) atoms. The lowest BCUT2D eigenvalue weighted by atomic mass is 9.96. The molecule has 2 rings (SSSR count). The molecule has 4 nitrogen and oxygen atoms in total. The van der Waals surface area contributed by atoms with Crippen molar-refractivity contribution in [2.75, 3.05) is 0 Å². The Morgan fingerprint density at radius 3 is 2.27 bits per heavy atom. The molecule has 3 N–H and O–H groups in total. The summed E-state index contributed by atoms with van der Waals surface area (Å²) >= 11 is 3.19. The van der Waals surface area contributed by atoms with Gasteiger partial charge in [-0.05, 0) is 30.5 Å². The molecule has 0 saturated heterocycles. The molecular weight excluding hydrogens is 264 g/mol. The van der Waals surface area contributed by atoms with Gasteiger partial charge in [0.2, 0.25) is 0 Å². The lowest BCUT2D eigenvalue weighted by Crippen LogP contribution is -2.19. The number of rotatable bonds is 2. The Bertz CT molecular complexity index is 437. The molecule has 1 aromatic rings. The molecule has 80 valence electrons. The van der Waals surface area contributed by atoms with Crippen LogP contribution in [0.2, 0.25) is 0 Å². The predicted octanol–water partition coefficient (Wildman–Crippen LogP) is 1.98. The van der Waals surface area contributed by atoms with E-state index in [1.54, 1.807) is 0 Å². The number of carboxylic acid groups (broad SMARTS) is 1. The molecule has 1 saturated carbocycles. The van der Waals surface area contributed by atoms with Crippen molar-refractivity contribution in [2.24, 2.45) is 0 Å². The van der Waals surface area contributed by atoms with Crippen molar-refractivity contribution in [3.05, 3.63) is 22.2 Å². The van der Waals surface area contributed by atoms with E-state index in [4.69, 9.17) is 5.11 Å². The minimum atomic E-state index is -0.895. The topological polar surface area (TPSA) is 77.8 Å². The summed E-state index contributed by atoms with van der Waals surface area (Å²) in [6.07, 6.45) is 1.12. The van der Waals surface area contributed by atoms with E-state index < -0.39 is 11.4 Å². The van der Waals surface area contributed by atoms with Gasteiger partial charge in [0.1, 0.15) is 0 Å². The van der Waals surface area contributed by atoms with Gasteiger partial charge in [-0.1, -0.05) is 15.9 Å². The van der Waals surface area contributed by atoms with Crippen molar-refractivity contribution in [3.8, 4) is 11.5 Å². The maximum Gasteiger partial charge on any atom is 0.314 e. The van der Waals surface area contributed by atoms with Crippen LogP contribution in [0.25, 0.3) is 0 Å². The summed E-state index contributed by atoms with van der Waals surface area (Å²) in [6.45, 7) is 0. The second-order valence-electron chi connectivity index (χ2n) is 3.71. The Morgan fingerprint density at radius 1 is 1.27 bits per heavy atom. The van der Waals surface area contributed by atoms with Gasteiger partial charge in [0.15, 0.2) is 11.5 Å². The van der Waals surface area contributed by atoms with Gasteiger partial charge >= 0.3 is 5.97 Å². The molecule has 1 aliphatic rings. The zero-order valence-corrected chi connectivity index (χ0v) is 9.28. The third kappa shape index (κ3) is 1.47. The molecule has 0 radical (unpaired) electrons. The fraction of sp³-hybridized carbons (Fsp3) is 0.300. The molecule has 0 aliphatic heterocycles. The normalized spacial score (nSPS) is 17.4. The summed E-state index contributed by atoms with van der Waals surface area (Å²) in [6, 6.07) is 2.62. The van der Waals surface area contributed by atoms with Crippen molar-refractivity contribution < 1.29 is 20.1 Å². The van der Waals surface area contributed by atoms with E-state index in [0.717, 1.165) is 0 Å². The molecule has 0 heterocycles. The smallest absolute Gasteiger partial charge is 0.314 e. The van der Waals surface area contributed by atoms with Crippen LogP contribution in [0.1, 0.15) is 18.4 Å². The van der Waals surface area contributed by atoms with Crippen LogP contribution in [0, 0.1) is 0 Å². The van der Waals surface area contributed by atoms with Crippen molar-refractivity contribution in [1.82, 2.24) is 0 Å². The summed E-state index contributed by atoms with van der Waals surface area (Å²) in [5.74, 6) is -1.44. The molecular formula is C10H9BrO4. The zero-order valence-electron chi connectivity index (χ0n) is 7.70. The number of aromatic hydroxyl groups is 2. The molecule has 0 aromatic heterocycles. The van der Waals surface area contributed by atoms with Crippen molar-refractivity contribution in [3.63, 3.8) is 0 Å². The second kappa shape index (κ2) is 3.13. The highest BCUT2D eigenvalue weighted by Gasteiger charge is 2.53. The SMILES string of the molecule is O=C(O)C1(c2cc(O)c(O)cc2Br)CC1. The van der Waals surface area contributed by atoms with Crippen LogP contribution in [-0.2, 0) is 10.2 Å². The van der Waals surface area contributed by atoms with E-state index in [9.17, 15) is 15.0 Å². The number of phenolic OH excluding ortho intramolecular Hbond substituents is 2. The highest BCUT2D eigenvalue weighted by Crippen LogP contribution is 2.52. The zero-order chi connectivity index (χ0) is 11.2. The number of aliphatic carboxylic acids is 1. The predicted molar refractivity (Wildman–Crippen MR) is 56.0 cm³/mol. The average Bonchev–Trinajstić information content (AvgIpc) is 2.92. The maximum absolute atomic E-state index is 11.1. The van der Waals surface area contributed by atoms with E-state index in [1.165, 1.54) is 12.1 Å². The number of phenols is 2. The standard InChI is InChI=1S/C10H9BrO4/c11-6-4-8(13)7(12)3-5(6)10(1-2-10)9(14)15/h3-4,12-13H,1-2H2,(H,14,15). The number of halogens is 1. The summed E-state index contributed by atoms with van der Waals surface area (Å²) in [4.78, 5) is 11.1. The van der Waals surface area contributed by atoms with E-state index >= 15 is 0 Å². The first-order chi connectivity index (χ1) is 6.97. The first kappa shape index (κ1) is 10.3. The Hall–Kier alpha value is -1.23. The van der Waals surface area contributed by atoms with Crippen LogP contribution >= 0.6 is 15.9 Å². The quantitative estimate of drug-likeness (QED) is 0.720. The monoisotopic (exact) mass is 272 g/mol. The molecule has 1 fully saturated rings. The minimum absolute atomic E-state index is 0.258. The van der Waals surface area contributed by atoms with Crippen LogP contribution in [0.5, 0.6) is 11.5 Å². The van der Waals surface area contributed by atoms with Crippen molar-refractivity contribution >= 4 is 21.9 Å². The lowest BCUT2D eigenvalue weighted by Gasteiger charge is -2.13. The fourth-order valence-corrected chi connectivity index (χ4v) is 2.35. The van der Waals surface area contributed by atoms with Gasteiger partial charge in [0.05, 0.1) is 5.41 Å². The van der Waals surface area contributed by atoms with Crippen LogP contribution in [0.4, 0.5) is 0 Å². The number of benzene rings is 1. The molecule has 0 bridgehead atoms. The summed E-state index contributed by atoms with van der Waals surface area (Å²) in [7, 11) is 0. The lowest BCUT2D eigenvalue weighted by molar-refractivity contribution is -0.140. The van der Waals surface area contributed by atoms with Gasteiger partial charge in [-0.3, -0.25) is 4.79 Å². The number of carbonyl (C=O) groups is 1. The molecule has 0 spiro atoms. The number of hydrogen-bond acceptors (Lipinski definition) is 3. The summed E-state index contributed by atoms with van der Waals surface area (Å²) in [5.41, 5.74) is -0.366. The van der Waals surface area contributed by atoms with Crippen LogP contribution < -0.4 is 0 Å². The van der Waals surface area contributed by atoms with Gasteiger partial charge < -0.3 is 15.3 Å². The number of carboxylic acids is 1. The van der Waals surface area contributed by atoms with E-state index in [2.05, 4.69) is 15.9 Å². The molecule has 0 amide bonds. The van der Waals surface area contributed by atoms with Crippen molar-refractivity contribution in [1.29, 1.82) is 0 Å². The van der Waals surface area contributed by atoms with Gasteiger partial charge in [-0.15, -0.1) is 0 Å². The molecule has 0 unspecified atom stereocenters. The minimum Gasteiger partial charge on any atom is -0.504 e. The van der Waals surface area contributed by atoms with Gasteiger partial charge in [-0.25, -0.2) is 0 Å². The summed E-state index contributed by atoms with van der Waals surface area (Å²) in [5, 5.41) is 27.6. The van der Waals surface area contributed by atoms with Crippen LogP contribution in [0.3, 0.4) is 0 Å². The second-order valence-corrected chi connectivity index (χ2v) is 4.56. The maximum atomic E-state index is 11.1. The first-order valence-corrected chi connectivity index (χ1v) is 5.22. The Kier molecular flexibility index (Phi) is 2.15. The van der Waals surface area contributed by atoms with E-state index in [-0.39, 0.29) is 11.5 Å². The third-order valence-electron chi connectivity index (χ3n) is 2.74. The highest BCUT2D eigenvalue weighted by atomic mass is 79.9. The number of hydrogen-bond donors (Lipinski definition) is 3. The largest absolute Gasteiger partial charge is 0.504 e. The molecule has 0 atom stereocenters. The Labute approximate surface area is 94.3 Å². The van der Waals surface area contributed by atoms with Crippen molar-refractivity contribution in [2.45, 2.75) is 18.3 Å². The van der Waals surface area contributed by atoms with Crippen LogP contribution in [-0.4, -0.2) is 21.3 Å². The van der Waals surface area contributed by atoms with Gasteiger partial charge in [0.25, 0.3) is 0 Å². The fourth-order valence-electron chi connectivity index (χ4n) is 1.64. The Morgan fingerprint density at radius 2 is 1.80 bits per heavy atom. The molecule has 1 aromatic carbocycles. The molecule has 5 heteroatoms. The van der Waals surface area contributed by atoms with Gasteiger partial charge in [-0.2, -0.15) is 0 Å². The van der Waals surface area contributed by atoms with E-state index in [1.807, 2.05) is 0 Å². The highest BCUT2D eigenvalue weighted by molar-refractivity contribution is 9.10. The molecule has 1 aliphatic carbocycles. The first-order valence-electron chi connectivity index (χ1n) is 4.43. The van der Waals surface area contributed by atoms with Gasteiger partial charge in [0, 0.05) is 4.47 Å². The summed E-state index contributed by atoms with van der Waals surface area (Å²) < 4.78 is 0.512. The Balaban J connectivity index is 2.54. The van der Waals surface area contributed by atoms with E-state index in [0.29, 0.717) is 22.9 Å². The third-order valence-corrected chi connectivity index (χ3v) is 3.40. The van der Waals surface area contributed by atoms with Crippen LogP contribution in [0.15, 0.2) is 16.6 Å². The average molecular weight is 273 g/mol.